The Kier molecular flexibility index (Phi) is 8.39. The zero-order valence-corrected chi connectivity index (χ0v) is 15.4. The van der Waals surface area contributed by atoms with Gasteiger partial charge >= 0.3 is 12.3 Å². The van der Waals surface area contributed by atoms with Crippen LogP contribution in [0.15, 0.2) is 24.3 Å². The molecule has 0 amide bonds. The van der Waals surface area contributed by atoms with Gasteiger partial charge in [0.1, 0.15) is 12.5 Å². The molecule has 0 bridgehead atoms. The molecule has 0 spiro atoms. The van der Waals surface area contributed by atoms with Gasteiger partial charge in [0.15, 0.2) is 0 Å². The van der Waals surface area contributed by atoms with Gasteiger partial charge in [-0.3, -0.25) is 0 Å². The molecule has 0 saturated carbocycles. The number of hydrogen-bond acceptors (Lipinski definition) is 5. The number of halogens is 5. The van der Waals surface area contributed by atoms with E-state index in [1.165, 1.54) is 26.2 Å². The average molecular weight is 421 g/mol. The lowest BCUT2D eigenvalue weighted by Gasteiger charge is -2.21. The number of alkyl halides is 5. The van der Waals surface area contributed by atoms with Crippen LogP contribution in [0.1, 0.15) is 24.9 Å². The Morgan fingerprint density at radius 1 is 1.19 bits per heavy atom. The zero-order valence-electron chi connectivity index (χ0n) is 14.6. The number of sulfonamides is 1. The van der Waals surface area contributed by atoms with E-state index >= 15 is 0 Å². The molecule has 6 nitrogen and oxygen atoms in total. The lowest BCUT2D eigenvalue weighted by Crippen LogP contribution is -2.41. The summed E-state index contributed by atoms with van der Waals surface area (Å²) in [7, 11) is -2.31. The minimum Gasteiger partial charge on any atom is -0.426 e. The topological polar surface area (TPSA) is 73.9 Å². The molecule has 156 valence electrons. The fourth-order valence-corrected chi connectivity index (χ4v) is 3.23. The molecule has 0 radical (unpaired) electrons. The van der Waals surface area contributed by atoms with Gasteiger partial charge in [-0.05, 0) is 31.0 Å². The van der Waals surface area contributed by atoms with Gasteiger partial charge in [0.2, 0.25) is 10.0 Å². The largest absolute Gasteiger partial charge is 0.499 e. The predicted molar refractivity (Wildman–Crippen MR) is 85.9 cm³/mol. The molecule has 0 saturated heterocycles. The van der Waals surface area contributed by atoms with E-state index in [1.807, 2.05) is 0 Å². The summed E-state index contributed by atoms with van der Waals surface area (Å²) in [4.78, 5) is 0. The minimum absolute atomic E-state index is 0.0270. The first kappa shape index (κ1) is 23.5. The van der Waals surface area contributed by atoms with E-state index in [-0.39, 0.29) is 31.1 Å². The van der Waals surface area contributed by atoms with Gasteiger partial charge in [-0.2, -0.15) is 22.0 Å². The number of nitrogens with one attached hydrogen (secondary N) is 1. The van der Waals surface area contributed by atoms with Gasteiger partial charge in [0.05, 0.1) is 12.4 Å². The second-order valence-electron chi connectivity index (χ2n) is 5.52. The molecule has 1 rings (SSSR count). The van der Waals surface area contributed by atoms with Crippen molar-refractivity contribution in [1.82, 2.24) is 4.72 Å². The molecule has 1 atom stereocenters. The number of benzene rings is 1. The summed E-state index contributed by atoms with van der Waals surface area (Å²) in [5, 5.41) is 0. The number of ether oxygens (including phenoxy) is 3. The Morgan fingerprint density at radius 2 is 1.85 bits per heavy atom. The standard InChI is InChI=1S/C15H20F5NO5S/c1-11(21-27(22,23)8-4-7-25-10-24-2)12-5-3-6-13(9-12)26-15(19,20)14(16,17)18/h3,5-6,9,11,21H,4,7-8,10H2,1-2H3/t11-/m1/s1. The Hall–Kier alpha value is -1.50. The highest BCUT2D eigenvalue weighted by Gasteiger charge is 2.61. The first-order chi connectivity index (χ1) is 12.4. The highest BCUT2D eigenvalue weighted by Crippen LogP contribution is 2.37. The van der Waals surface area contributed by atoms with Crippen molar-refractivity contribution < 1.29 is 44.6 Å². The summed E-state index contributed by atoms with van der Waals surface area (Å²) in [6, 6.07) is 3.50. The third-order valence-electron chi connectivity index (χ3n) is 3.19. The molecule has 1 aromatic carbocycles. The Balaban J connectivity index is 2.72. The third kappa shape index (κ3) is 7.95. The lowest BCUT2D eigenvalue weighted by molar-refractivity contribution is -0.360. The van der Waals surface area contributed by atoms with Crippen molar-refractivity contribution in [2.24, 2.45) is 0 Å². The van der Waals surface area contributed by atoms with E-state index in [4.69, 9.17) is 4.74 Å². The normalized spacial score (nSPS) is 14.2. The highest BCUT2D eigenvalue weighted by molar-refractivity contribution is 7.89. The molecule has 0 unspecified atom stereocenters. The SMILES string of the molecule is COCOCCCS(=O)(=O)N[C@H](C)c1cccc(OC(F)(F)C(F)(F)F)c1. The predicted octanol–water partition coefficient (Wildman–Crippen LogP) is 3.21. The van der Waals surface area contributed by atoms with Crippen LogP contribution < -0.4 is 9.46 Å². The quantitative estimate of drug-likeness (QED) is 0.338. The molecule has 27 heavy (non-hydrogen) atoms. The Bertz CT molecular complexity index is 696. The van der Waals surface area contributed by atoms with Gasteiger partial charge in [0, 0.05) is 13.2 Å². The van der Waals surface area contributed by atoms with Gasteiger partial charge in [0.25, 0.3) is 0 Å². The van der Waals surface area contributed by atoms with E-state index in [0.717, 1.165) is 12.1 Å². The van der Waals surface area contributed by atoms with E-state index in [0.29, 0.717) is 0 Å². The lowest BCUT2D eigenvalue weighted by atomic mass is 10.1. The molecule has 0 aliphatic rings. The van der Waals surface area contributed by atoms with Crippen LogP contribution in [0.5, 0.6) is 5.75 Å². The van der Waals surface area contributed by atoms with Crippen LogP contribution in [-0.2, 0) is 19.5 Å². The molecule has 1 N–H and O–H groups in total. The monoisotopic (exact) mass is 421 g/mol. The van der Waals surface area contributed by atoms with Crippen LogP contribution in [0, 0.1) is 0 Å². The molecular formula is C15H20F5NO5S. The van der Waals surface area contributed by atoms with Crippen LogP contribution in [-0.4, -0.2) is 47.0 Å². The van der Waals surface area contributed by atoms with Crippen molar-refractivity contribution in [3.8, 4) is 5.75 Å². The van der Waals surface area contributed by atoms with Crippen molar-refractivity contribution >= 4 is 10.0 Å². The highest BCUT2D eigenvalue weighted by atomic mass is 32.2. The maximum absolute atomic E-state index is 13.0. The van der Waals surface area contributed by atoms with Crippen molar-refractivity contribution in [2.45, 2.75) is 31.7 Å². The number of rotatable bonds is 11. The minimum atomic E-state index is -5.87. The maximum atomic E-state index is 13.0. The second kappa shape index (κ2) is 9.62. The second-order valence-corrected chi connectivity index (χ2v) is 7.39. The van der Waals surface area contributed by atoms with Gasteiger partial charge in [-0.1, -0.05) is 12.1 Å². The van der Waals surface area contributed by atoms with Crippen molar-refractivity contribution in [1.29, 1.82) is 0 Å². The van der Waals surface area contributed by atoms with Gasteiger partial charge in [-0.25, -0.2) is 13.1 Å². The van der Waals surface area contributed by atoms with Crippen LogP contribution in [0.3, 0.4) is 0 Å². The molecule has 1 aromatic rings. The molecule has 0 fully saturated rings. The fraction of sp³-hybridized carbons (Fsp3) is 0.600. The molecular weight excluding hydrogens is 401 g/mol. The van der Waals surface area contributed by atoms with E-state index in [9.17, 15) is 30.4 Å². The van der Waals surface area contributed by atoms with Gasteiger partial charge < -0.3 is 14.2 Å². The van der Waals surface area contributed by atoms with Crippen molar-refractivity contribution in [2.75, 3.05) is 26.3 Å². The first-order valence-electron chi connectivity index (χ1n) is 7.68. The molecule has 0 aliphatic carbocycles. The molecule has 0 heterocycles. The average Bonchev–Trinajstić information content (AvgIpc) is 2.53. The smallest absolute Gasteiger partial charge is 0.426 e. The van der Waals surface area contributed by atoms with Crippen LogP contribution in [0.25, 0.3) is 0 Å². The van der Waals surface area contributed by atoms with Crippen LogP contribution in [0.4, 0.5) is 22.0 Å². The fourth-order valence-electron chi connectivity index (χ4n) is 1.94. The molecule has 12 heteroatoms. The number of methoxy groups -OCH3 is 1. The summed E-state index contributed by atoms with van der Waals surface area (Å²) in [6.45, 7) is 1.60. The summed E-state index contributed by atoms with van der Waals surface area (Å²) < 4.78 is 102. The number of hydrogen-bond donors (Lipinski definition) is 1. The van der Waals surface area contributed by atoms with E-state index in [1.54, 1.807) is 0 Å². The van der Waals surface area contributed by atoms with Gasteiger partial charge in [-0.15, -0.1) is 0 Å². The molecule has 0 aromatic heterocycles. The van der Waals surface area contributed by atoms with E-state index < -0.39 is 34.1 Å². The third-order valence-corrected chi connectivity index (χ3v) is 4.73. The maximum Gasteiger partial charge on any atom is 0.499 e. The Morgan fingerprint density at radius 3 is 2.44 bits per heavy atom. The Labute approximate surface area is 153 Å². The summed E-state index contributed by atoms with van der Waals surface area (Å²) in [6.07, 6.45) is -11.1. The first-order valence-corrected chi connectivity index (χ1v) is 9.33. The summed E-state index contributed by atoms with van der Waals surface area (Å²) in [5.74, 6) is -1.00. The summed E-state index contributed by atoms with van der Waals surface area (Å²) >= 11 is 0. The zero-order chi connectivity index (χ0) is 20.7. The van der Waals surface area contributed by atoms with Crippen molar-refractivity contribution in [3.05, 3.63) is 29.8 Å². The van der Waals surface area contributed by atoms with Crippen LogP contribution in [0.2, 0.25) is 0 Å². The van der Waals surface area contributed by atoms with Crippen LogP contribution >= 0.6 is 0 Å². The summed E-state index contributed by atoms with van der Waals surface area (Å²) in [5.41, 5.74) is 0.157. The van der Waals surface area contributed by atoms with E-state index in [2.05, 4.69) is 14.2 Å². The molecule has 0 aliphatic heterocycles. The van der Waals surface area contributed by atoms with Crippen molar-refractivity contribution in [3.63, 3.8) is 0 Å².